The van der Waals surface area contributed by atoms with E-state index in [1.165, 1.54) is 17.7 Å². The van der Waals surface area contributed by atoms with Crippen LogP contribution >= 0.6 is 24.4 Å². The van der Waals surface area contributed by atoms with Gasteiger partial charge < -0.3 is 36.4 Å². The zero-order chi connectivity index (χ0) is 51.9. The number of amides is 1. The summed E-state index contributed by atoms with van der Waals surface area (Å²) in [7, 11) is 6.26. The first kappa shape index (κ1) is 51.2. The Bertz CT molecular complexity index is 3140. The van der Waals surface area contributed by atoms with E-state index >= 15 is 0 Å². The Morgan fingerprint density at radius 3 is 1.75 bits per heavy atom. The van der Waals surface area contributed by atoms with Crippen LogP contribution in [0.1, 0.15) is 74.6 Å². The number of aryl methyl sites for hydroxylation is 3. The molecule has 1 aliphatic carbocycles. The highest BCUT2D eigenvalue weighted by Gasteiger charge is 2.34. The van der Waals surface area contributed by atoms with E-state index in [1.54, 1.807) is 31.5 Å². The molecule has 1 saturated heterocycles. The molecule has 1 unspecified atom stereocenters. The Balaban J connectivity index is 0.000000180. The third-order valence-electron chi connectivity index (χ3n) is 13.3. The highest BCUT2D eigenvalue weighted by atomic mass is 32.1. The standard InChI is InChI=1S/C26H26F3N7OS.C25H25F3N6S/c1-14-19(5-6-20(31-14)24(37)32-17-7-9-36(2)10-8-17)34-25-30-13-15-11-22(38)33-21-12-16(26(27,28)29)3-4-18(21)23(15)35-25;1-13-19(8-14-4-6-17(34(2)3)11-20(14)30-13)32-24-29-12-15-9-22(35)31-21-10-16(25(26,27)28)5-7-18(21)23(15)33-24/h3-6,12-13,17H,7-11H2,1-2H3,(H,32,37)(H,33,38)(H,30,34,35);5,7-8,10,12,17H,4,6,9,11H2,1-3H3,(H,31,35)(H,29,32,33). The molecule has 3 aliphatic heterocycles. The highest BCUT2D eigenvalue weighted by Crippen LogP contribution is 2.41. The Kier molecular flexibility index (Phi) is 14.5. The maximum atomic E-state index is 13.3. The van der Waals surface area contributed by atoms with Crippen LogP contribution in [0.2, 0.25) is 0 Å². The maximum absolute atomic E-state index is 13.3. The van der Waals surface area contributed by atoms with Crippen LogP contribution in [0.3, 0.4) is 0 Å². The summed E-state index contributed by atoms with van der Waals surface area (Å²) < 4.78 is 79.7. The third kappa shape index (κ3) is 11.7. The molecule has 0 spiro atoms. The molecule has 5 N–H and O–H groups in total. The molecule has 4 aliphatic rings. The highest BCUT2D eigenvalue weighted by molar-refractivity contribution is 7.80. The summed E-state index contributed by atoms with van der Waals surface area (Å²) in [6, 6.07) is 13.1. The van der Waals surface area contributed by atoms with E-state index in [-0.39, 0.29) is 29.3 Å². The summed E-state index contributed by atoms with van der Waals surface area (Å²) in [4.78, 5) is 45.4. The molecule has 1 amide bonds. The van der Waals surface area contributed by atoms with Gasteiger partial charge in [0.25, 0.3) is 5.91 Å². The SMILES string of the molecule is Cc1nc(C(=O)NC2CCN(C)CC2)ccc1Nc1ncc2c(n1)-c1ccc(C(F)(F)F)cc1NC(=S)C2.Cc1nc2c(cc1Nc1ncc3c(n1)-c1ccc(C(F)(F)F)cc1NC(=S)C3)CCC(N(C)C)C2. The van der Waals surface area contributed by atoms with Crippen LogP contribution in [0.15, 0.2) is 67.0 Å². The van der Waals surface area contributed by atoms with Gasteiger partial charge in [0, 0.05) is 83.1 Å². The zero-order valence-electron chi connectivity index (χ0n) is 40.4. The number of likely N-dealkylation sites (N-methyl/N-ethyl adjacent to an activating group) is 1. The van der Waals surface area contributed by atoms with Crippen molar-refractivity contribution in [2.24, 2.45) is 0 Å². The van der Waals surface area contributed by atoms with E-state index in [0.717, 1.165) is 92.1 Å². The van der Waals surface area contributed by atoms with Crippen LogP contribution in [0.4, 0.5) is 61.0 Å². The number of benzene rings is 2. The van der Waals surface area contributed by atoms with E-state index in [1.807, 2.05) is 6.92 Å². The summed E-state index contributed by atoms with van der Waals surface area (Å²) >= 11 is 10.7. The van der Waals surface area contributed by atoms with Gasteiger partial charge in [-0.15, -0.1) is 0 Å². The lowest BCUT2D eigenvalue weighted by atomic mass is 9.91. The van der Waals surface area contributed by atoms with Crippen molar-refractivity contribution >= 4 is 75.0 Å². The van der Waals surface area contributed by atoms with Crippen molar-refractivity contribution in [2.75, 3.05) is 55.5 Å². The van der Waals surface area contributed by atoms with E-state index < -0.39 is 23.5 Å². The van der Waals surface area contributed by atoms with Crippen LogP contribution in [-0.4, -0.2) is 102 Å². The van der Waals surface area contributed by atoms with Crippen molar-refractivity contribution in [3.8, 4) is 22.5 Å². The summed E-state index contributed by atoms with van der Waals surface area (Å²) in [5, 5.41) is 15.3. The van der Waals surface area contributed by atoms with E-state index in [4.69, 9.17) is 29.4 Å². The second-order valence-electron chi connectivity index (χ2n) is 18.8. The zero-order valence-corrected chi connectivity index (χ0v) is 42.1. The molecule has 0 radical (unpaired) electrons. The fraction of sp³-hybridized carbons (Fsp3) is 0.353. The summed E-state index contributed by atoms with van der Waals surface area (Å²) in [5.41, 5.74) is 8.06. The molecule has 0 saturated carbocycles. The average molecular weight is 1040 g/mol. The number of nitrogens with one attached hydrogen (secondary N) is 5. The van der Waals surface area contributed by atoms with E-state index in [9.17, 15) is 31.1 Å². The number of halogens is 6. The number of thiocarbonyl (C=S) groups is 2. The minimum Gasteiger partial charge on any atom is -0.349 e. The molecule has 0 bridgehead atoms. The van der Waals surface area contributed by atoms with Crippen molar-refractivity contribution < 1.29 is 31.1 Å². The molecule has 10 rings (SSSR count). The summed E-state index contributed by atoms with van der Waals surface area (Å²) in [5.74, 6) is 0.388. The molecule has 2 aromatic carbocycles. The van der Waals surface area contributed by atoms with Gasteiger partial charge in [0.2, 0.25) is 11.9 Å². The minimum atomic E-state index is -4.48. The summed E-state index contributed by atoms with van der Waals surface area (Å²) in [6.07, 6.45) is -0.270. The molecular formula is C51H51F6N13OS2. The lowest BCUT2D eigenvalue weighted by molar-refractivity contribution is -0.138. The van der Waals surface area contributed by atoms with Gasteiger partial charge >= 0.3 is 12.4 Å². The molecule has 6 aromatic rings. The van der Waals surface area contributed by atoms with Crippen molar-refractivity contribution in [2.45, 2.75) is 83.2 Å². The van der Waals surface area contributed by atoms with Gasteiger partial charge in [0.1, 0.15) is 5.69 Å². The van der Waals surface area contributed by atoms with Gasteiger partial charge in [-0.1, -0.05) is 36.6 Å². The van der Waals surface area contributed by atoms with Gasteiger partial charge in [-0.2, -0.15) is 26.3 Å². The van der Waals surface area contributed by atoms with Gasteiger partial charge in [0.05, 0.1) is 55.3 Å². The molecule has 14 nitrogen and oxygen atoms in total. The molecule has 73 heavy (non-hydrogen) atoms. The van der Waals surface area contributed by atoms with Crippen molar-refractivity contribution in [3.05, 3.63) is 118 Å². The van der Waals surface area contributed by atoms with E-state index in [0.29, 0.717) is 80.0 Å². The number of fused-ring (bicyclic) bond motifs is 7. The number of aromatic nitrogens is 6. The monoisotopic (exact) mass is 1040 g/mol. The second kappa shape index (κ2) is 20.6. The van der Waals surface area contributed by atoms with Gasteiger partial charge in [-0.25, -0.2) is 24.9 Å². The number of pyridine rings is 2. The molecule has 1 fully saturated rings. The Morgan fingerprint density at radius 1 is 0.699 bits per heavy atom. The fourth-order valence-electron chi connectivity index (χ4n) is 9.23. The normalized spacial score (nSPS) is 16.7. The van der Waals surface area contributed by atoms with Gasteiger partial charge in [-0.05, 0) is 122 Å². The molecular weight excluding hydrogens is 989 g/mol. The molecule has 22 heteroatoms. The number of carbonyl (C=O) groups is 1. The predicted molar refractivity (Wildman–Crippen MR) is 277 cm³/mol. The number of nitrogens with zero attached hydrogens (tertiary/aromatic N) is 8. The second-order valence-corrected chi connectivity index (χ2v) is 19.8. The number of rotatable bonds is 7. The first-order chi connectivity index (χ1) is 34.6. The number of anilines is 6. The topological polar surface area (TPSA) is 161 Å². The first-order valence-electron chi connectivity index (χ1n) is 23.6. The lowest BCUT2D eigenvalue weighted by Crippen LogP contribution is -2.43. The Labute approximate surface area is 428 Å². The van der Waals surface area contributed by atoms with Crippen LogP contribution in [0.5, 0.6) is 0 Å². The molecule has 4 aromatic heterocycles. The molecule has 380 valence electrons. The molecule has 1 atom stereocenters. The lowest BCUT2D eigenvalue weighted by Gasteiger charge is -2.29. The maximum Gasteiger partial charge on any atom is 0.416 e. The van der Waals surface area contributed by atoms with E-state index in [2.05, 4.69) is 88.5 Å². The Morgan fingerprint density at radius 2 is 1.23 bits per heavy atom. The number of alkyl halides is 6. The quantitative estimate of drug-likeness (QED) is 0.0759. The number of hydrogen-bond acceptors (Lipinski definition) is 13. The van der Waals surface area contributed by atoms with Gasteiger partial charge in [-0.3, -0.25) is 9.78 Å². The predicted octanol–water partition coefficient (Wildman–Crippen LogP) is 10.1. The summed E-state index contributed by atoms with van der Waals surface area (Å²) in [6.45, 7) is 5.60. The van der Waals surface area contributed by atoms with Crippen LogP contribution in [-0.2, 0) is 38.0 Å². The smallest absolute Gasteiger partial charge is 0.349 e. The third-order valence-corrected chi connectivity index (χ3v) is 13.8. The van der Waals surface area contributed by atoms with Crippen molar-refractivity contribution in [3.63, 3.8) is 0 Å². The van der Waals surface area contributed by atoms with Crippen molar-refractivity contribution in [1.82, 2.24) is 45.0 Å². The first-order valence-corrected chi connectivity index (χ1v) is 24.4. The Hall–Kier alpha value is -6.75. The number of piperidine rings is 1. The number of likely N-dealkylation sites (tertiary alicyclic amines) is 1. The minimum absolute atomic E-state index is 0.129. The van der Waals surface area contributed by atoms with Crippen LogP contribution < -0.4 is 26.6 Å². The number of carbonyl (C=O) groups excluding carboxylic acids is 1. The van der Waals surface area contributed by atoms with Crippen molar-refractivity contribution in [1.29, 1.82) is 0 Å². The fourth-order valence-corrected chi connectivity index (χ4v) is 9.76. The number of hydrogen-bond donors (Lipinski definition) is 5. The largest absolute Gasteiger partial charge is 0.416 e. The molecule has 7 heterocycles. The average Bonchev–Trinajstić information content (AvgIpc) is 3.57. The van der Waals surface area contributed by atoms with Crippen LogP contribution in [0.25, 0.3) is 22.5 Å². The van der Waals surface area contributed by atoms with Crippen LogP contribution in [0, 0.1) is 13.8 Å². The van der Waals surface area contributed by atoms with Gasteiger partial charge in [0.15, 0.2) is 0 Å².